The molecule has 3 aromatic carbocycles. The van der Waals surface area contributed by atoms with Crippen molar-refractivity contribution < 1.29 is 0 Å². The van der Waals surface area contributed by atoms with Gasteiger partial charge in [0.1, 0.15) is 0 Å². The molecular formula is C27H22N2S. The van der Waals surface area contributed by atoms with Gasteiger partial charge in [-0.15, -0.1) is 11.3 Å². The molecule has 3 heterocycles. The lowest BCUT2D eigenvalue weighted by Crippen LogP contribution is -2.31. The molecule has 0 amide bonds. The second kappa shape index (κ2) is 7.35. The second-order valence-corrected chi connectivity index (χ2v) is 8.97. The number of benzene rings is 3. The number of hydrogen-bond donors (Lipinski definition) is 0. The largest absolute Gasteiger partial charge is 0.294 e. The molecule has 0 saturated carbocycles. The summed E-state index contributed by atoms with van der Waals surface area (Å²) in [4.78, 5) is 9.04. The predicted octanol–water partition coefficient (Wildman–Crippen LogP) is 6.67. The molecular weight excluding hydrogens is 384 g/mol. The topological polar surface area (TPSA) is 16.1 Å². The van der Waals surface area contributed by atoms with Crippen LogP contribution in [-0.2, 0) is 19.5 Å². The van der Waals surface area contributed by atoms with E-state index < -0.39 is 0 Å². The van der Waals surface area contributed by atoms with E-state index in [1.807, 2.05) is 0 Å². The number of rotatable bonds is 3. The molecule has 2 aromatic heterocycles. The zero-order chi connectivity index (χ0) is 19.9. The average molecular weight is 407 g/mol. The van der Waals surface area contributed by atoms with Gasteiger partial charge in [-0.1, -0.05) is 66.7 Å². The van der Waals surface area contributed by atoms with Crippen LogP contribution in [0, 0.1) is 0 Å². The predicted molar refractivity (Wildman–Crippen MR) is 127 cm³/mol. The molecule has 6 rings (SSSR count). The standard InChI is InChI=1S/C27H22N2S/c1-2-7-19(8-3-1)17-29-15-14-22-23(18-29)27(25-11-6-16-30-25)28-24-13-12-20-9-4-5-10-21(20)26(22)24/h1-13,16H,14-15,17-18H2. The molecule has 0 saturated heterocycles. The van der Waals surface area contributed by atoms with Crippen LogP contribution < -0.4 is 0 Å². The fraction of sp³-hybridized carbons (Fsp3) is 0.148. The van der Waals surface area contributed by atoms with Crippen LogP contribution in [0.2, 0.25) is 0 Å². The van der Waals surface area contributed by atoms with Gasteiger partial charge in [-0.2, -0.15) is 0 Å². The van der Waals surface area contributed by atoms with E-state index in [1.54, 1.807) is 11.3 Å². The van der Waals surface area contributed by atoms with Crippen LogP contribution >= 0.6 is 11.3 Å². The van der Waals surface area contributed by atoms with Crippen LogP contribution in [-0.4, -0.2) is 16.4 Å². The Morgan fingerprint density at radius 1 is 0.833 bits per heavy atom. The Balaban J connectivity index is 1.54. The minimum absolute atomic E-state index is 0.948. The first kappa shape index (κ1) is 17.8. The summed E-state index contributed by atoms with van der Waals surface area (Å²) in [5.41, 5.74) is 6.55. The van der Waals surface area contributed by atoms with Crippen molar-refractivity contribution in [1.29, 1.82) is 0 Å². The van der Waals surface area contributed by atoms with E-state index in [0.717, 1.165) is 31.6 Å². The van der Waals surface area contributed by atoms with Gasteiger partial charge in [0.25, 0.3) is 0 Å². The molecule has 146 valence electrons. The molecule has 0 atom stereocenters. The van der Waals surface area contributed by atoms with Crippen molar-refractivity contribution in [2.24, 2.45) is 0 Å². The smallest absolute Gasteiger partial charge is 0.0857 e. The van der Waals surface area contributed by atoms with E-state index in [2.05, 4.69) is 89.1 Å². The lowest BCUT2D eigenvalue weighted by Gasteiger charge is -2.31. The van der Waals surface area contributed by atoms with Crippen molar-refractivity contribution in [3.8, 4) is 10.6 Å². The fourth-order valence-electron chi connectivity index (χ4n) is 4.76. The van der Waals surface area contributed by atoms with E-state index in [0.29, 0.717) is 0 Å². The maximum Gasteiger partial charge on any atom is 0.0857 e. The molecule has 5 aromatic rings. The van der Waals surface area contributed by atoms with Gasteiger partial charge in [0.05, 0.1) is 16.1 Å². The van der Waals surface area contributed by atoms with Gasteiger partial charge >= 0.3 is 0 Å². The van der Waals surface area contributed by atoms with E-state index in [9.17, 15) is 0 Å². The first-order chi connectivity index (χ1) is 14.9. The quantitative estimate of drug-likeness (QED) is 0.311. The van der Waals surface area contributed by atoms with Crippen LogP contribution in [0.4, 0.5) is 0 Å². The van der Waals surface area contributed by atoms with Crippen molar-refractivity contribution in [2.75, 3.05) is 6.54 Å². The summed E-state index contributed by atoms with van der Waals surface area (Å²) in [5.74, 6) is 0. The Bertz CT molecular complexity index is 1340. The Morgan fingerprint density at radius 2 is 1.70 bits per heavy atom. The lowest BCUT2D eigenvalue weighted by atomic mass is 9.90. The number of aromatic nitrogens is 1. The van der Waals surface area contributed by atoms with Gasteiger partial charge in [0.2, 0.25) is 0 Å². The molecule has 0 fully saturated rings. The van der Waals surface area contributed by atoms with Gasteiger partial charge < -0.3 is 0 Å². The number of nitrogens with zero attached hydrogens (tertiary/aromatic N) is 2. The first-order valence-corrected chi connectivity index (χ1v) is 11.4. The van der Waals surface area contributed by atoms with E-state index in [1.165, 1.54) is 43.4 Å². The molecule has 0 aliphatic carbocycles. The lowest BCUT2D eigenvalue weighted by molar-refractivity contribution is 0.246. The van der Waals surface area contributed by atoms with E-state index in [-0.39, 0.29) is 0 Å². The molecule has 30 heavy (non-hydrogen) atoms. The number of thiophene rings is 1. The van der Waals surface area contributed by atoms with Crippen molar-refractivity contribution in [3.05, 3.63) is 101 Å². The molecule has 0 N–H and O–H groups in total. The van der Waals surface area contributed by atoms with Crippen LogP contribution in [0.25, 0.3) is 32.2 Å². The highest BCUT2D eigenvalue weighted by Gasteiger charge is 2.24. The summed E-state index contributed by atoms with van der Waals surface area (Å²) in [6.45, 7) is 3.01. The Labute approximate surface area is 180 Å². The summed E-state index contributed by atoms with van der Waals surface area (Å²) in [6.07, 6.45) is 1.06. The molecule has 2 nitrogen and oxygen atoms in total. The molecule has 1 aliphatic rings. The van der Waals surface area contributed by atoms with Crippen LogP contribution in [0.1, 0.15) is 16.7 Å². The fourth-order valence-corrected chi connectivity index (χ4v) is 5.51. The number of fused-ring (bicyclic) bond motifs is 5. The minimum Gasteiger partial charge on any atom is -0.294 e. The van der Waals surface area contributed by atoms with Gasteiger partial charge in [-0.25, -0.2) is 4.98 Å². The molecule has 0 bridgehead atoms. The minimum atomic E-state index is 0.948. The summed E-state index contributed by atoms with van der Waals surface area (Å²) < 4.78 is 0. The Kier molecular flexibility index (Phi) is 4.37. The molecule has 3 heteroatoms. The van der Waals surface area contributed by atoms with Gasteiger partial charge in [-0.05, 0) is 51.4 Å². The second-order valence-electron chi connectivity index (χ2n) is 8.02. The highest BCUT2D eigenvalue weighted by atomic mass is 32.1. The Hall–Kier alpha value is -3.01. The zero-order valence-corrected chi connectivity index (χ0v) is 17.5. The highest BCUT2D eigenvalue weighted by molar-refractivity contribution is 7.13. The van der Waals surface area contributed by atoms with Gasteiger partial charge in [0, 0.05) is 25.0 Å². The third-order valence-corrected chi connectivity index (χ3v) is 7.03. The highest BCUT2D eigenvalue weighted by Crippen LogP contribution is 2.38. The molecule has 1 aliphatic heterocycles. The molecule has 0 radical (unpaired) electrons. The van der Waals surface area contributed by atoms with Crippen molar-refractivity contribution >= 4 is 33.0 Å². The molecule has 0 unspecified atom stereocenters. The Morgan fingerprint density at radius 3 is 2.57 bits per heavy atom. The monoisotopic (exact) mass is 406 g/mol. The molecule has 0 spiro atoms. The summed E-state index contributed by atoms with van der Waals surface area (Å²) in [7, 11) is 0. The van der Waals surface area contributed by atoms with Crippen molar-refractivity contribution in [3.63, 3.8) is 0 Å². The average Bonchev–Trinajstić information content (AvgIpc) is 3.33. The SMILES string of the molecule is c1ccc(CN2CCc3c(c(-c4cccs4)nc4ccc5ccccc5c34)C2)cc1. The summed E-state index contributed by atoms with van der Waals surface area (Å²) in [6, 6.07) is 28.3. The van der Waals surface area contributed by atoms with Crippen LogP contribution in [0.5, 0.6) is 0 Å². The van der Waals surface area contributed by atoms with Crippen molar-refractivity contribution in [2.45, 2.75) is 19.5 Å². The zero-order valence-electron chi connectivity index (χ0n) is 16.7. The third-order valence-electron chi connectivity index (χ3n) is 6.15. The maximum absolute atomic E-state index is 5.21. The van der Waals surface area contributed by atoms with E-state index >= 15 is 0 Å². The third kappa shape index (κ3) is 3.02. The van der Waals surface area contributed by atoms with Gasteiger partial charge in [0.15, 0.2) is 0 Å². The van der Waals surface area contributed by atoms with E-state index in [4.69, 9.17) is 4.98 Å². The normalized spacial score (nSPS) is 14.3. The first-order valence-electron chi connectivity index (χ1n) is 10.5. The van der Waals surface area contributed by atoms with Gasteiger partial charge in [-0.3, -0.25) is 4.90 Å². The number of hydrogen-bond acceptors (Lipinski definition) is 3. The number of pyridine rings is 1. The maximum atomic E-state index is 5.21. The van der Waals surface area contributed by atoms with Crippen molar-refractivity contribution in [1.82, 2.24) is 9.88 Å². The van der Waals surface area contributed by atoms with Crippen LogP contribution in [0.3, 0.4) is 0 Å². The summed E-state index contributed by atoms with van der Waals surface area (Å²) >= 11 is 1.79. The van der Waals surface area contributed by atoms with Crippen LogP contribution in [0.15, 0.2) is 84.2 Å². The summed E-state index contributed by atoms with van der Waals surface area (Å²) in [5, 5.41) is 6.12.